The highest BCUT2D eigenvalue weighted by molar-refractivity contribution is 6.35. The largest absolute Gasteiger partial charge is 0.478 e. The summed E-state index contributed by atoms with van der Waals surface area (Å²) in [6, 6.07) is 7.33. The lowest BCUT2D eigenvalue weighted by atomic mass is 10.2. The molecule has 1 aromatic carbocycles. The molecule has 5 heteroatoms. The normalized spacial score (nSPS) is 10.9. The Morgan fingerprint density at radius 3 is 3.06 bits per heavy atom. The Kier molecular flexibility index (Phi) is 3.79. The number of carbonyl (C=O) groups is 1. The lowest BCUT2D eigenvalue weighted by Gasteiger charge is -2.07. The third-order valence-electron chi connectivity index (χ3n) is 2.39. The number of nitrogens with zero attached hydrogens (tertiary/aromatic N) is 1. The van der Waals surface area contributed by atoms with Gasteiger partial charge in [0.2, 0.25) is 0 Å². The van der Waals surface area contributed by atoms with E-state index < -0.39 is 5.97 Å². The molecule has 1 heterocycles. The maximum atomic E-state index is 10.3. The van der Waals surface area contributed by atoms with Crippen LogP contribution in [0, 0.1) is 0 Å². The highest BCUT2D eigenvalue weighted by atomic mass is 35.5. The summed E-state index contributed by atoms with van der Waals surface area (Å²) in [5, 5.41) is 13.1. The zero-order chi connectivity index (χ0) is 13.0. The molecule has 1 aromatic heterocycles. The van der Waals surface area contributed by atoms with Gasteiger partial charge in [-0.3, -0.25) is 4.98 Å². The maximum Gasteiger partial charge on any atom is 0.328 e. The smallest absolute Gasteiger partial charge is 0.328 e. The molecule has 2 rings (SSSR count). The second-order valence-electron chi connectivity index (χ2n) is 3.62. The molecular formula is C13H11ClN2O2. The number of aliphatic carboxylic acids is 1. The van der Waals surface area contributed by atoms with Crippen molar-refractivity contribution in [2.45, 2.75) is 0 Å². The van der Waals surface area contributed by atoms with Crippen LogP contribution in [0.4, 0.5) is 5.69 Å². The fraction of sp³-hybridized carbons (Fsp3) is 0.0769. The molecule has 0 saturated carbocycles. The van der Waals surface area contributed by atoms with Crippen LogP contribution >= 0.6 is 11.6 Å². The zero-order valence-electron chi connectivity index (χ0n) is 9.43. The van der Waals surface area contributed by atoms with Crippen LogP contribution in [-0.2, 0) is 4.79 Å². The first-order valence-electron chi connectivity index (χ1n) is 5.35. The number of pyridine rings is 1. The highest BCUT2D eigenvalue weighted by Crippen LogP contribution is 2.27. The first-order valence-corrected chi connectivity index (χ1v) is 5.73. The summed E-state index contributed by atoms with van der Waals surface area (Å²) in [4.78, 5) is 14.6. The van der Waals surface area contributed by atoms with Crippen molar-refractivity contribution < 1.29 is 9.90 Å². The second-order valence-corrected chi connectivity index (χ2v) is 4.02. The summed E-state index contributed by atoms with van der Waals surface area (Å²) in [6.45, 7) is 0.416. The third kappa shape index (κ3) is 2.78. The number of hydrogen-bond acceptors (Lipinski definition) is 3. The molecule has 92 valence electrons. The van der Waals surface area contributed by atoms with E-state index in [2.05, 4.69) is 10.3 Å². The quantitative estimate of drug-likeness (QED) is 0.832. The summed E-state index contributed by atoms with van der Waals surface area (Å²) in [5.41, 5.74) is 1.60. The molecule has 0 unspecified atom stereocenters. The van der Waals surface area contributed by atoms with Crippen LogP contribution < -0.4 is 5.32 Å². The Labute approximate surface area is 109 Å². The standard InChI is InChI=1S/C13H11ClN2O2/c14-10-5-6-11(15-7-2-4-12(17)18)13-9(10)3-1-8-16-13/h1-6,8,15H,7H2,(H,17,18)/b4-2+. The Balaban J connectivity index is 2.24. The first kappa shape index (κ1) is 12.4. The van der Waals surface area contributed by atoms with Crippen LogP contribution in [0.15, 0.2) is 42.6 Å². The molecule has 2 aromatic rings. The number of fused-ring (bicyclic) bond motifs is 1. The zero-order valence-corrected chi connectivity index (χ0v) is 10.2. The molecule has 0 amide bonds. The lowest BCUT2D eigenvalue weighted by Crippen LogP contribution is -2.00. The predicted molar refractivity (Wildman–Crippen MR) is 72.0 cm³/mol. The van der Waals surface area contributed by atoms with E-state index in [0.717, 1.165) is 22.7 Å². The Hall–Kier alpha value is -2.07. The number of carboxylic acids is 1. The van der Waals surface area contributed by atoms with Crippen molar-refractivity contribution in [2.75, 3.05) is 11.9 Å². The molecule has 0 saturated heterocycles. The summed E-state index contributed by atoms with van der Waals surface area (Å²) >= 11 is 6.07. The average molecular weight is 263 g/mol. The molecule has 18 heavy (non-hydrogen) atoms. The van der Waals surface area contributed by atoms with E-state index in [0.29, 0.717) is 11.6 Å². The van der Waals surface area contributed by atoms with Crippen molar-refractivity contribution in [1.29, 1.82) is 0 Å². The molecule has 0 atom stereocenters. The van der Waals surface area contributed by atoms with Crippen LogP contribution in [0.3, 0.4) is 0 Å². The molecular weight excluding hydrogens is 252 g/mol. The van der Waals surface area contributed by atoms with E-state index >= 15 is 0 Å². The number of aromatic nitrogens is 1. The van der Waals surface area contributed by atoms with Crippen LogP contribution in [0.5, 0.6) is 0 Å². The van der Waals surface area contributed by atoms with Gasteiger partial charge >= 0.3 is 5.97 Å². The van der Waals surface area contributed by atoms with Crippen molar-refractivity contribution >= 4 is 34.2 Å². The van der Waals surface area contributed by atoms with Gasteiger partial charge in [-0.15, -0.1) is 0 Å². The number of hydrogen-bond donors (Lipinski definition) is 2. The predicted octanol–water partition coefficient (Wildman–Crippen LogP) is 2.94. The first-order chi connectivity index (χ1) is 8.68. The van der Waals surface area contributed by atoms with Crippen molar-refractivity contribution in [3.8, 4) is 0 Å². The molecule has 0 aliphatic carbocycles. The molecule has 0 aliphatic rings. The van der Waals surface area contributed by atoms with Gasteiger partial charge < -0.3 is 10.4 Å². The minimum absolute atomic E-state index is 0.416. The van der Waals surface area contributed by atoms with Crippen LogP contribution in [0.25, 0.3) is 10.9 Å². The molecule has 0 fully saturated rings. The van der Waals surface area contributed by atoms with E-state index in [1.54, 1.807) is 12.3 Å². The minimum Gasteiger partial charge on any atom is -0.478 e. The fourth-order valence-electron chi connectivity index (χ4n) is 1.61. The van der Waals surface area contributed by atoms with E-state index in [1.807, 2.05) is 18.2 Å². The summed E-state index contributed by atoms with van der Waals surface area (Å²) < 4.78 is 0. The van der Waals surface area contributed by atoms with Gasteiger partial charge in [0.1, 0.15) is 0 Å². The van der Waals surface area contributed by atoms with Crippen molar-refractivity contribution in [3.63, 3.8) is 0 Å². The third-order valence-corrected chi connectivity index (χ3v) is 2.72. The maximum absolute atomic E-state index is 10.3. The fourth-order valence-corrected chi connectivity index (χ4v) is 1.82. The van der Waals surface area contributed by atoms with Gasteiger partial charge in [0.05, 0.1) is 16.2 Å². The van der Waals surface area contributed by atoms with Gasteiger partial charge in [-0.05, 0) is 24.3 Å². The van der Waals surface area contributed by atoms with Gasteiger partial charge in [-0.1, -0.05) is 17.7 Å². The van der Waals surface area contributed by atoms with E-state index in [-0.39, 0.29) is 0 Å². The molecule has 0 aliphatic heterocycles. The Bertz CT molecular complexity index is 611. The van der Waals surface area contributed by atoms with E-state index in [1.165, 1.54) is 6.08 Å². The Morgan fingerprint density at radius 1 is 1.44 bits per heavy atom. The van der Waals surface area contributed by atoms with Crippen molar-refractivity contribution in [3.05, 3.63) is 47.6 Å². The van der Waals surface area contributed by atoms with E-state index in [4.69, 9.17) is 16.7 Å². The van der Waals surface area contributed by atoms with Gasteiger partial charge in [0, 0.05) is 24.2 Å². The monoisotopic (exact) mass is 262 g/mol. The molecule has 0 radical (unpaired) electrons. The van der Waals surface area contributed by atoms with Gasteiger partial charge in [0.25, 0.3) is 0 Å². The SMILES string of the molecule is O=C(O)/C=C/CNc1ccc(Cl)c2cccnc12. The average Bonchev–Trinajstić information content (AvgIpc) is 2.37. The summed E-state index contributed by atoms with van der Waals surface area (Å²) in [5.74, 6) is -0.962. The van der Waals surface area contributed by atoms with Crippen LogP contribution in [0.1, 0.15) is 0 Å². The number of halogens is 1. The topological polar surface area (TPSA) is 62.2 Å². The number of benzene rings is 1. The second kappa shape index (κ2) is 5.51. The summed E-state index contributed by atoms with van der Waals surface area (Å²) in [7, 11) is 0. The molecule has 2 N–H and O–H groups in total. The van der Waals surface area contributed by atoms with Gasteiger partial charge in [-0.2, -0.15) is 0 Å². The van der Waals surface area contributed by atoms with Gasteiger partial charge in [-0.25, -0.2) is 4.79 Å². The van der Waals surface area contributed by atoms with Crippen LogP contribution in [0.2, 0.25) is 5.02 Å². The molecule has 0 bridgehead atoms. The van der Waals surface area contributed by atoms with Crippen molar-refractivity contribution in [1.82, 2.24) is 4.98 Å². The van der Waals surface area contributed by atoms with Crippen molar-refractivity contribution in [2.24, 2.45) is 0 Å². The molecule has 0 spiro atoms. The molecule has 4 nitrogen and oxygen atoms in total. The van der Waals surface area contributed by atoms with Gasteiger partial charge in [0.15, 0.2) is 0 Å². The number of carboxylic acid groups (broad SMARTS) is 1. The Morgan fingerprint density at radius 2 is 2.28 bits per heavy atom. The number of anilines is 1. The lowest BCUT2D eigenvalue weighted by molar-refractivity contribution is -0.131. The van der Waals surface area contributed by atoms with Crippen LogP contribution in [-0.4, -0.2) is 22.6 Å². The summed E-state index contributed by atoms with van der Waals surface area (Å²) in [6.07, 6.45) is 4.32. The number of rotatable bonds is 4. The number of nitrogens with one attached hydrogen (secondary N) is 1. The highest BCUT2D eigenvalue weighted by Gasteiger charge is 2.04. The van der Waals surface area contributed by atoms with E-state index in [9.17, 15) is 4.79 Å². The minimum atomic E-state index is -0.962.